The molecule has 2 N–H and O–H groups in total. The molecule has 11 nitrogen and oxygen atoms in total. The molecule has 2 aromatic carbocycles. The van der Waals surface area contributed by atoms with Crippen LogP contribution in [-0.2, 0) is 4.79 Å². The first-order chi connectivity index (χ1) is 16.9. The van der Waals surface area contributed by atoms with Gasteiger partial charge in [0.25, 0.3) is 5.91 Å². The molecular formula is C24H27N5O6. The van der Waals surface area contributed by atoms with Crippen molar-refractivity contribution in [2.45, 2.75) is 13.0 Å². The van der Waals surface area contributed by atoms with Crippen LogP contribution in [0, 0.1) is 0 Å². The van der Waals surface area contributed by atoms with Gasteiger partial charge < -0.3 is 34.3 Å². The summed E-state index contributed by atoms with van der Waals surface area (Å²) in [6, 6.07) is 8.10. The largest absolute Gasteiger partial charge is 0.497 e. The average molecular weight is 482 g/mol. The lowest BCUT2D eigenvalue weighted by molar-refractivity contribution is -0.113. The highest BCUT2D eigenvalue weighted by Crippen LogP contribution is 2.44. The lowest BCUT2D eigenvalue weighted by Crippen LogP contribution is -2.31. The Morgan fingerprint density at radius 3 is 2.23 bits per heavy atom. The topological polar surface area (TPSA) is 118 Å². The van der Waals surface area contributed by atoms with Gasteiger partial charge in [0.2, 0.25) is 11.7 Å². The van der Waals surface area contributed by atoms with Crippen LogP contribution >= 0.6 is 0 Å². The van der Waals surface area contributed by atoms with Crippen molar-refractivity contribution in [2.75, 3.05) is 46.2 Å². The minimum atomic E-state index is -0.640. The lowest BCUT2D eigenvalue weighted by atomic mass is 9.94. The van der Waals surface area contributed by atoms with E-state index < -0.39 is 6.04 Å². The fourth-order valence-corrected chi connectivity index (χ4v) is 4.05. The third kappa shape index (κ3) is 4.27. The quantitative estimate of drug-likeness (QED) is 0.500. The van der Waals surface area contributed by atoms with Crippen molar-refractivity contribution in [3.05, 3.63) is 53.5 Å². The van der Waals surface area contributed by atoms with Crippen molar-refractivity contribution in [1.82, 2.24) is 14.8 Å². The minimum absolute atomic E-state index is 0.360. The number of amides is 1. The van der Waals surface area contributed by atoms with Gasteiger partial charge in [-0.25, -0.2) is 4.68 Å². The van der Waals surface area contributed by atoms with E-state index >= 15 is 0 Å². The highest BCUT2D eigenvalue weighted by Gasteiger charge is 2.35. The minimum Gasteiger partial charge on any atom is -0.497 e. The number of fused-ring (bicyclic) bond motifs is 1. The number of aromatic nitrogens is 3. The second-order valence-electron chi connectivity index (χ2n) is 7.57. The van der Waals surface area contributed by atoms with E-state index in [2.05, 4.69) is 20.7 Å². The number of carbonyl (C=O) groups excluding carboxylic acids is 1. The van der Waals surface area contributed by atoms with E-state index in [0.29, 0.717) is 57.2 Å². The number of anilines is 2. The molecule has 3 aromatic rings. The Morgan fingerprint density at radius 1 is 0.943 bits per heavy atom. The number of hydrogen-bond donors (Lipinski definition) is 2. The van der Waals surface area contributed by atoms with Crippen LogP contribution in [0.1, 0.15) is 18.5 Å². The van der Waals surface area contributed by atoms with Crippen molar-refractivity contribution in [1.29, 1.82) is 0 Å². The number of ether oxygens (including phenoxy) is 5. The Labute approximate surface area is 202 Å². The molecule has 11 heteroatoms. The smallest absolute Gasteiger partial charge is 0.255 e. The number of hydrogen-bond acceptors (Lipinski definition) is 9. The average Bonchev–Trinajstić information content (AvgIpc) is 3.34. The fraction of sp³-hybridized carbons (Fsp3) is 0.292. The number of nitrogens with one attached hydrogen (secondary N) is 2. The van der Waals surface area contributed by atoms with E-state index in [1.807, 2.05) is 0 Å². The highest BCUT2D eigenvalue weighted by atomic mass is 16.5. The van der Waals surface area contributed by atoms with Gasteiger partial charge in [-0.05, 0) is 36.8 Å². The van der Waals surface area contributed by atoms with E-state index in [1.165, 1.54) is 34.8 Å². The van der Waals surface area contributed by atoms with Gasteiger partial charge in [-0.2, -0.15) is 10.1 Å². The Hall–Kier alpha value is -4.41. The van der Waals surface area contributed by atoms with Gasteiger partial charge in [0.1, 0.15) is 23.9 Å². The summed E-state index contributed by atoms with van der Waals surface area (Å²) in [5.74, 6) is 2.56. The molecule has 35 heavy (non-hydrogen) atoms. The van der Waals surface area contributed by atoms with Crippen molar-refractivity contribution < 1.29 is 28.5 Å². The molecule has 0 saturated carbocycles. The van der Waals surface area contributed by atoms with Crippen LogP contribution in [0.15, 0.2) is 47.9 Å². The Balaban J connectivity index is 1.83. The van der Waals surface area contributed by atoms with Crippen molar-refractivity contribution in [3.8, 4) is 28.7 Å². The molecule has 1 aliphatic rings. The van der Waals surface area contributed by atoms with Crippen LogP contribution in [0.5, 0.6) is 28.7 Å². The number of rotatable bonds is 8. The summed E-state index contributed by atoms with van der Waals surface area (Å²) in [7, 11) is 7.69. The molecule has 1 atom stereocenters. The molecule has 1 aromatic heterocycles. The van der Waals surface area contributed by atoms with Gasteiger partial charge in [-0.3, -0.25) is 4.79 Å². The Kier molecular flexibility index (Phi) is 6.67. The Morgan fingerprint density at radius 2 is 1.63 bits per heavy atom. The van der Waals surface area contributed by atoms with Gasteiger partial charge >= 0.3 is 0 Å². The van der Waals surface area contributed by atoms with Crippen LogP contribution in [-0.4, -0.2) is 56.2 Å². The summed E-state index contributed by atoms with van der Waals surface area (Å²) in [5, 5.41) is 10.5. The van der Waals surface area contributed by atoms with Crippen LogP contribution in [0.3, 0.4) is 0 Å². The third-order valence-electron chi connectivity index (χ3n) is 5.70. The number of allylic oxidation sites excluding steroid dienone is 1. The number of benzene rings is 2. The monoisotopic (exact) mass is 481 g/mol. The predicted octanol–water partition coefficient (Wildman–Crippen LogP) is 3.25. The molecule has 0 bridgehead atoms. The molecule has 2 heterocycles. The first kappa shape index (κ1) is 23.7. The first-order valence-electron chi connectivity index (χ1n) is 10.7. The molecule has 1 amide bonds. The van der Waals surface area contributed by atoms with E-state index in [4.69, 9.17) is 23.7 Å². The van der Waals surface area contributed by atoms with Gasteiger partial charge in [0, 0.05) is 11.8 Å². The molecule has 0 fully saturated rings. The zero-order valence-corrected chi connectivity index (χ0v) is 20.3. The van der Waals surface area contributed by atoms with Gasteiger partial charge in [-0.1, -0.05) is 0 Å². The number of methoxy groups -OCH3 is 5. The maximum atomic E-state index is 13.7. The van der Waals surface area contributed by atoms with E-state index in [-0.39, 0.29) is 5.91 Å². The molecule has 4 rings (SSSR count). The molecule has 0 spiro atoms. The molecule has 1 aliphatic heterocycles. The molecule has 0 aliphatic carbocycles. The fourth-order valence-electron chi connectivity index (χ4n) is 4.05. The molecule has 184 valence electrons. The first-order valence-corrected chi connectivity index (χ1v) is 10.7. The van der Waals surface area contributed by atoms with Crippen molar-refractivity contribution in [2.24, 2.45) is 0 Å². The second-order valence-corrected chi connectivity index (χ2v) is 7.57. The molecule has 0 saturated heterocycles. The van der Waals surface area contributed by atoms with Crippen molar-refractivity contribution in [3.63, 3.8) is 0 Å². The summed E-state index contributed by atoms with van der Waals surface area (Å²) in [5.41, 5.74) is 2.19. The van der Waals surface area contributed by atoms with E-state index in [0.717, 1.165) is 0 Å². The van der Waals surface area contributed by atoms with Crippen molar-refractivity contribution >= 4 is 17.5 Å². The maximum Gasteiger partial charge on any atom is 0.255 e. The summed E-state index contributed by atoms with van der Waals surface area (Å²) in [6.07, 6.45) is 1.42. The summed E-state index contributed by atoms with van der Waals surface area (Å²) in [6.45, 7) is 1.81. The van der Waals surface area contributed by atoms with Gasteiger partial charge in [0.15, 0.2) is 11.5 Å². The van der Waals surface area contributed by atoms with E-state index in [9.17, 15) is 4.79 Å². The molecule has 0 unspecified atom stereocenters. The van der Waals surface area contributed by atoms with Crippen LogP contribution in [0.4, 0.5) is 11.6 Å². The summed E-state index contributed by atoms with van der Waals surface area (Å²) >= 11 is 0. The molecular weight excluding hydrogens is 454 g/mol. The summed E-state index contributed by atoms with van der Waals surface area (Å²) in [4.78, 5) is 18.0. The second kappa shape index (κ2) is 9.84. The maximum absolute atomic E-state index is 13.7. The van der Waals surface area contributed by atoms with Gasteiger partial charge in [-0.15, -0.1) is 0 Å². The zero-order chi connectivity index (χ0) is 25.1. The van der Waals surface area contributed by atoms with Gasteiger partial charge in [0.05, 0.1) is 46.8 Å². The number of carbonyl (C=O) groups is 1. The van der Waals surface area contributed by atoms with E-state index in [1.54, 1.807) is 49.0 Å². The number of nitrogens with zero attached hydrogens (tertiary/aromatic N) is 3. The lowest BCUT2D eigenvalue weighted by Gasteiger charge is -2.29. The predicted molar refractivity (Wildman–Crippen MR) is 129 cm³/mol. The summed E-state index contributed by atoms with van der Waals surface area (Å²) < 4.78 is 28.9. The van der Waals surface area contributed by atoms with Crippen LogP contribution in [0.25, 0.3) is 0 Å². The highest BCUT2D eigenvalue weighted by molar-refractivity contribution is 6.06. The SMILES string of the molecule is COc1ccc(OC)c(NC(=O)C2=C(C)Nc3ncnn3[C@@H]2c2cc(OC)c(OC)c(OC)c2)c1. The third-order valence-corrected chi connectivity index (χ3v) is 5.70. The van der Waals surface area contributed by atoms with Crippen LogP contribution in [0.2, 0.25) is 0 Å². The zero-order valence-electron chi connectivity index (χ0n) is 20.3. The van der Waals surface area contributed by atoms with Crippen LogP contribution < -0.4 is 34.3 Å². The Bertz CT molecular complexity index is 1260. The normalized spacial score (nSPS) is 14.5. The standard InChI is InChI=1S/C24H27N5O6/c1-13-20(23(30)28-16-11-15(31-2)7-8-17(16)32-3)21(29-24(27-13)25-12-26-29)14-9-18(33-4)22(35-6)19(10-14)34-5/h7-12,21H,1-6H3,(H,28,30)(H,25,26,27)/t21-/m1/s1. The molecule has 0 radical (unpaired) electrons.